The molecular weight excluding hydrogens is 447 g/mol. The lowest BCUT2D eigenvalue weighted by molar-refractivity contribution is 0.0931. The largest absolute Gasteiger partial charge is 0.344 e. The van der Waals surface area contributed by atoms with Gasteiger partial charge in [0.05, 0.1) is 21.8 Å². The topological polar surface area (TPSA) is 67.2 Å². The molecule has 0 spiro atoms. The average Bonchev–Trinajstić information content (AvgIpc) is 3.05. The zero-order chi connectivity index (χ0) is 21.4. The number of rotatable bonds is 3. The number of hydrogen-bond donors (Lipinski definition) is 1. The Morgan fingerprint density at radius 3 is 2.47 bits per heavy atom. The third kappa shape index (κ3) is 3.78. The van der Waals surface area contributed by atoms with Crippen LogP contribution in [0.5, 0.6) is 0 Å². The minimum atomic E-state index is -0.337. The third-order valence-electron chi connectivity index (χ3n) is 5.02. The van der Waals surface area contributed by atoms with Crippen LogP contribution >= 0.6 is 34.8 Å². The van der Waals surface area contributed by atoms with Crippen LogP contribution in [0.4, 0.5) is 5.69 Å². The third-order valence-corrected chi connectivity index (χ3v) is 6.01. The van der Waals surface area contributed by atoms with Gasteiger partial charge in [-0.15, -0.1) is 0 Å². The molecule has 0 bridgehead atoms. The number of aromatic nitrogens is 2. The van der Waals surface area contributed by atoms with E-state index in [0.29, 0.717) is 45.5 Å². The van der Waals surface area contributed by atoms with Gasteiger partial charge < -0.3 is 10.2 Å². The highest BCUT2D eigenvalue weighted by atomic mass is 35.5. The van der Waals surface area contributed by atoms with Gasteiger partial charge in [0.25, 0.3) is 11.8 Å². The molecule has 2 aromatic carbocycles. The molecule has 9 heteroatoms. The molecule has 3 aromatic rings. The molecule has 0 aliphatic carbocycles. The molecule has 4 rings (SSSR count). The van der Waals surface area contributed by atoms with Crippen molar-refractivity contribution in [3.63, 3.8) is 0 Å². The van der Waals surface area contributed by atoms with Crippen molar-refractivity contribution in [2.75, 3.05) is 11.4 Å². The number of anilines is 1. The van der Waals surface area contributed by atoms with E-state index in [-0.39, 0.29) is 23.0 Å². The highest BCUT2D eigenvalue weighted by Crippen LogP contribution is 2.39. The molecule has 30 heavy (non-hydrogen) atoms. The van der Waals surface area contributed by atoms with Crippen molar-refractivity contribution in [3.8, 4) is 0 Å². The number of carbonyl (C=O) groups is 2. The van der Waals surface area contributed by atoms with Gasteiger partial charge in [0.2, 0.25) is 0 Å². The summed E-state index contributed by atoms with van der Waals surface area (Å²) in [6.45, 7) is 0.358. The quantitative estimate of drug-likeness (QED) is 0.600. The number of nitrogens with zero attached hydrogens (tertiary/aromatic N) is 3. The van der Waals surface area contributed by atoms with Crippen LogP contribution in [0, 0.1) is 0 Å². The molecule has 6 nitrogen and oxygen atoms in total. The number of halogens is 3. The molecule has 0 saturated heterocycles. The fourth-order valence-corrected chi connectivity index (χ4v) is 4.21. The molecule has 0 saturated carbocycles. The van der Waals surface area contributed by atoms with Crippen molar-refractivity contribution in [3.05, 3.63) is 80.6 Å². The van der Waals surface area contributed by atoms with E-state index in [2.05, 4.69) is 10.4 Å². The summed E-state index contributed by atoms with van der Waals surface area (Å²) >= 11 is 18.4. The second-order valence-corrected chi connectivity index (χ2v) is 8.09. The summed E-state index contributed by atoms with van der Waals surface area (Å²) in [5.41, 5.74) is 2.10. The highest BCUT2D eigenvalue weighted by Gasteiger charge is 2.36. The second kappa shape index (κ2) is 8.30. The van der Waals surface area contributed by atoms with E-state index < -0.39 is 0 Å². The van der Waals surface area contributed by atoms with Gasteiger partial charge >= 0.3 is 0 Å². The summed E-state index contributed by atoms with van der Waals surface area (Å²) in [5.74, 6) is -0.467. The summed E-state index contributed by atoms with van der Waals surface area (Å²) in [6, 6.07) is 13.3. The normalized spacial score (nSPS) is 15.6. The number of hydrogen-bond acceptors (Lipinski definition) is 3. The maximum atomic E-state index is 13.2. The van der Waals surface area contributed by atoms with Crippen molar-refractivity contribution in [1.29, 1.82) is 0 Å². The number of benzene rings is 2. The fraction of sp³-hybridized carbons (Fsp3) is 0.190. The van der Waals surface area contributed by atoms with Crippen molar-refractivity contribution in [2.24, 2.45) is 7.05 Å². The Labute approximate surface area is 188 Å². The molecule has 0 fully saturated rings. The zero-order valence-electron chi connectivity index (χ0n) is 15.9. The van der Waals surface area contributed by atoms with Gasteiger partial charge in [-0.3, -0.25) is 14.3 Å². The zero-order valence-corrected chi connectivity index (χ0v) is 18.2. The Bertz CT molecular complexity index is 1130. The van der Waals surface area contributed by atoms with Crippen LogP contribution in [-0.4, -0.2) is 28.1 Å². The van der Waals surface area contributed by atoms with E-state index in [0.717, 1.165) is 0 Å². The fourth-order valence-electron chi connectivity index (χ4n) is 3.60. The van der Waals surface area contributed by atoms with Gasteiger partial charge in [-0.2, -0.15) is 5.10 Å². The van der Waals surface area contributed by atoms with Gasteiger partial charge in [0, 0.05) is 24.7 Å². The maximum Gasteiger partial charge on any atom is 0.258 e. The van der Waals surface area contributed by atoms with Crippen LogP contribution in [0.25, 0.3) is 0 Å². The van der Waals surface area contributed by atoms with Crippen LogP contribution in [0.3, 0.4) is 0 Å². The Balaban J connectivity index is 1.66. The van der Waals surface area contributed by atoms with E-state index in [1.165, 1.54) is 6.07 Å². The van der Waals surface area contributed by atoms with Gasteiger partial charge in [-0.25, -0.2) is 0 Å². The predicted molar refractivity (Wildman–Crippen MR) is 118 cm³/mol. The molecular formula is C21H17Cl3N4O2. The van der Waals surface area contributed by atoms with Crippen molar-refractivity contribution < 1.29 is 9.59 Å². The minimum Gasteiger partial charge on any atom is -0.344 e. The molecule has 1 N–H and O–H groups in total. The first-order chi connectivity index (χ1) is 14.4. The molecule has 2 amide bonds. The SMILES string of the molecule is Cn1nc(Cl)c2c1C(NC(=O)c1ccccc1)CCN2C(=O)c1ccc(Cl)c(Cl)c1. The maximum absolute atomic E-state index is 13.2. The number of amides is 2. The first kappa shape index (κ1) is 20.7. The Morgan fingerprint density at radius 2 is 1.77 bits per heavy atom. The van der Waals surface area contributed by atoms with Crippen molar-refractivity contribution >= 4 is 52.3 Å². The Morgan fingerprint density at radius 1 is 1.03 bits per heavy atom. The summed E-state index contributed by atoms with van der Waals surface area (Å²) in [6.07, 6.45) is 0.508. The van der Waals surface area contributed by atoms with Gasteiger partial charge in [-0.05, 0) is 36.8 Å². The second-order valence-electron chi connectivity index (χ2n) is 6.91. The number of nitrogens with one attached hydrogen (secondary N) is 1. The van der Waals surface area contributed by atoms with Gasteiger partial charge in [-0.1, -0.05) is 53.0 Å². The van der Waals surface area contributed by atoms with Crippen LogP contribution in [-0.2, 0) is 7.05 Å². The summed E-state index contributed by atoms with van der Waals surface area (Å²) in [5, 5.41) is 8.16. The first-order valence-electron chi connectivity index (χ1n) is 9.22. The lowest BCUT2D eigenvalue weighted by Crippen LogP contribution is -2.41. The molecule has 1 unspecified atom stereocenters. The molecule has 154 valence electrons. The Hall–Kier alpha value is -2.54. The lowest BCUT2D eigenvalue weighted by Gasteiger charge is -2.33. The number of aryl methyl sites for hydroxylation is 1. The van der Waals surface area contributed by atoms with Crippen LogP contribution in [0.2, 0.25) is 15.2 Å². The summed E-state index contributed by atoms with van der Waals surface area (Å²) < 4.78 is 1.60. The van der Waals surface area contributed by atoms with Crippen molar-refractivity contribution in [2.45, 2.75) is 12.5 Å². The van der Waals surface area contributed by atoms with Crippen LogP contribution in [0.1, 0.15) is 38.9 Å². The number of carbonyl (C=O) groups excluding carboxylic acids is 2. The highest BCUT2D eigenvalue weighted by molar-refractivity contribution is 6.42. The van der Waals surface area contributed by atoms with Gasteiger partial charge in [0.1, 0.15) is 5.69 Å². The monoisotopic (exact) mass is 462 g/mol. The molecule has 1 aromatic heterocycles. The smallest absolute Gasteiger partial charge is 0.258 e. The molecule has 1 aliphatic heterocycles. The summed E-state index contributed by atoms with van der Waals surface area (Å²) in [7, 11) is 1.74. The van der Waals surface area contributed by atoms with Crippen molar-refractivity contribution in [1.82, 2.24) is 15.1 Å². The average molecular weight is 464 g/mol. The van der Waals surface area contributed by atoms with Crippen LogP contribution < -0.4 is 10.2 Å². The van der Waals surface area contributed by atoms with E-state index in [1.807, 2.05) is 6.07 Å². The predicted octanol–water partition coefficient (Wildman–Crippen LogP) is 4.90. The van der Waals surface area contributed by atoms with Crippen LogP contribution in [0.15, 0.2) is 48.5 Å². The minimum absolute atomic E-state index is 0.194. The number of fused-ring (bicyclic) bond motifs is 1. The van der Waals surface area contributed by atoms with E-state index in [1.54, 1.807) is 53.0 Å². The molecule has 1 aliphatic rings. The van der Waals surface area contributed by atoms with E-state index in [4.69, 9.17) is 34.8 Å². The van der Waals surface area contributed by atoms with Gasteiger partial charge in [0.15, 0.2) is 5.15 Å². The standard InChI is InChI=1S/C21H17Cl3N4O2/c1-27-17-16(25-20(29)12-5-3-2-4-6-12)9-10-28(18(17)19(24)26-27)21(30)13-7-8-14(22)15(23)11-13/h2-8,11,16H,9-10H2,1H3,(H,25,29). The van der Waals surface area contributed by atoms with E-state index in [9.17, 15) is 9.59 Å². The molecule has 0 radical (unpaired) electrons. The summed E-state index contributed by atoms with van der Waals surface area (Å²) in [4.78, 5) is 27.4. The first-order valence-corrected chi connectivity index (χ1v) is 10.4. The van der Waals surface area contributed by atoms with E-state index >= 15 is 0 Å². The Kier molecular flexibility index (Phi) is 5.73. The molecule has 1 atom stereocenters. The lowest BCUT2D eigenvalue weighted by atomic mass is 10.0. The molecule has 2 heterocycles.